The van der Waals surface area contributed by atoms with Gasteiger partial charge in [-0.1, -0.05) is 58.5 Å². The summed E-state index contributed by atoms with van der Waals surface area (Å²) in [6.07, 6.45) is 0.106. The molecule has 2 aromatic carbocycles. The number of nitrogens with one attached hydrogen (secondary N) is 1. The Balaban J connectivity index is 2.14. The van der Waals surface area contributed by atoms with Crippen LogP contribution >= 0.6 is 0 Å². The lowest BCUT2D eigenvalue weighted by atomic mass is 10.0. The van der Waals surface area contributed by atoms with Crippen molar-refractivity contribution in [3.05, 3.63) is 77.9 Å². The van der Waals surface area contributed by atoms with Crippen LogP contribution in [0.5, 0.6) is 0 Å². The molecule has 122 valence electrons. The molecule has 0 radical (unpaired) electrons. The van der Waals surface area contributed by atoms with Crippen LogP contribution in [0.3, 0.4) is 0 Å². The first-order valence-electron chi connectivity index (χ1n) is 7.32. The van der Waals surface area contributed by atoms with E-state index < -0.39 is 16.1 Å². The van der Waals surface area contributed by atoms with Crippen LogP contribution in [0.25, 0.3) is 0 Å². The van der Waals surface area contributed by atoms with Crippen LogP contribution in [0, 0.1) is 6.92 Å². The molecule has 2 rings (SSSR count). The number of sulfonamides is 1. The maximum atomic E-state index is 12.3. The zero-order valence-electron chi connectivity index (χ0n) is 13.3. The first kappa shape index (κ1) is 17.4. The first-order chi connectivity index (χ1) is 10.9. The molecule has 0 fully saturated rings. The highest BCUT2D eigenvalue weighted by molar-refractivity contribution is 7.89. The molecule has 2 aromatic rings. The highest BCUT2D eigenvalue weighted by Gasteiger charge is 2.19. The van der Waals surface area contributed by atoms with E-state index in [1.165, 1.54) is 0 Å². The number of rotatable bonds is 7. The number of hydrogen-bond donors (Lipinski definition) is 1. The highest BCUT2D eigenvalue weighted by Crippen LogP contribution is 2.24. The van der Waals surface area contributed by atoms with Gasteiger partial charge in [-0.15, -0.1) is 6.58 Å². The largest absolute Gasteiger partial charge is 0.278 e. The lowest BCUT2D eigenvalue weighted by Crippen LogP contribution is -2.26. The van der Waals surface area contributed by atoms with E-state index >= 15 is 0 Å². The third kappa shape index (κ3) is 5.03. The minimum absolute atomic E-state index is 0.172. The van der Waals surface area contributed by atoms with E-state index in [1.807, 2.05) is 44.2 Å². The normalized spacial score (nSPS) is 12.8. The molecule has 5 heteroatoms. The molecule has 0 saturated carbocycles. The van der Waals surface area contributed by atoms with Crippen molar-refractivity contribution in [2.24, 2.45) is 0 Å². The van der Waals surface area contributed by atoms with E-state index in [4.69, 9.17) is 4.84 Å². The van der Waals surface area contributed by atoms with E-state index in [0.717, 1.165) is 16.7 Å². The van der Waals surface area contributed by atoms with Crippen molar-refractivity contribution in [1.29, 1.82) is 0 Å². The lowest BCUT2D eigenvalue weighted by molar-refractivity contribution is 0.0166. The molecule has 1 atom stereocenters. The molecule has 0 amide bonds. The molecule has 23 heavy (non-hydrogen) atoms. The predicted octanol–water partition coefficient (Wildman–Crippen LogP) is 3.91. The SMILES string of the molecule is C=C(C)CC(ONS(=O)(=O)c1ccc(C)cc1)c1ccccc1. The lowest BCUT2D eigenvalue weighted by Gasteiger charge is -2.18. The second kappa shape index (κ2) is 7.55. The molecule has 1 N–H and O–H groups in total. The number of hydrogen-bond acceptors (Lipinski definition) is 3. The van der Waals surface area contributed by atoms with Crippen LogP contribution in [0.4, 0.5) is 0 Å². The van der Waals surface area contributed by atoms with Gasteiger partial charge in [-0.2, -0.15) is 0 Å². The van der Waals surface area contributed by atoms with Gasteiger partial charge in [0.15, 0.2) is 0 Å². The Morgan fingerprint density at radius 1 is 1.13 bits per heavy atom. The summed E-state index contributed by atoms with van der Waals surface area (Å²) in [6, 6.07) is 16.1. The molecular formula is C18H21NO3S. The second-order valence-electron chi connectivity index (χ2n) is 5.58. The third-order valence-electron chi connectivity index (χ3n) is 3.34. The van der Waals surface area contributed by atoms with Gasteiger partial charge in [0.05, 0.1) is 4.90 Å². The molecule has 0 aliphatic carbocycles. The van der Waals surface area contributed by atoms with Gasteiger partial charge in [0.1, 0.15) is 6.10 Å². The maximum Gasteiger partial charge on any atom is 0.262 e. The fourth-order valence-corrected chi connectivity index (χ4v) is 2.93. The monoisotopic (exact) mass is 331 g/mol. The van der Waals surface area contributed by atoms with Gasteiger partial charge in [-0.25, -0.2) is 8.42 Å². The summed E-state index contributed by atoms with van der Waals surface area (Å²) in [6.45, 7) is 7.66. The van der Waals surface area contributed by atoms with E-state index in [-0.39, 0.29) is 4.90 Å². The van der Waals surface area contributed by atoms with Crippen LogP contribution in [0.2, 0.25) is 0 Å². The van der Waals surface area contributed by atoms with Crippen molar-refractivity contribution in [3.63, 3.8) is 0 Å². The summed E-state index contributed by atoms with van der Waals surface area (Å²) < 4.78 is 24.6. The van der Waals surface area contributed by atoms with Gasteiger partial charge < -0.3 is 0 Å². The zero-order valence-corrected chi connectivity index (χ0v) is 14.1. The first-order valence-corrected chi connectivity index (χ1v) is 8.80. The third-order valence-corrected chi connectivity index (χ3v) is 4.54. The maximum absolute atomic E-state index is 12.3. The van der Waals surface area contributed by atoms with Gasteiger partial charge in [-0.05, 0) is 31.5 Å². The van der Waals surface area contributed by atoms with Crippen LogP contribution in [-0.2, 0) is 14.9 Å². The van der Waals surface area contributed by atoms with Crippen molar-refractivity contribution >= 4 is 10.0 Å². The summed E-state index contributed by atoms with van der Waals surface area (Å²) in [5, 5.41) is 0. The van der Waals surface area contributed by atoms with Gasteiger partial charge in [0.25, 0.3) is 10.0 Å². The number of aryl methyl sites for hydroxylation is 1. The average Bonchev–Trinajstić information content (AvgIpc) is 2.52. The van der Waals surface area contributed by atoms with Crippen LogP contribution < -0.4 is 4.89 Å². The Hall–Kier alpha value is -1.95. The minimum atomic E-state index is -3.72. The number of benzene rings is 2. The quantitative estimate of drug-likeness (QED) is 0.618. The van der Waals surface area contributed by atoms with E-state index in [1.54, 1.807) is 24.3 Å². The van der Waals surface area contributed by atoms with Crippen molar-refractivity contribution in [3.8, 4) is 0 Å². The van der Waals surface area contributed by atoms with Crippen molar-refractivity contribution in [2.75, 3.05) is 0 Å². The Kier molecular flexibility index (Phi) is 5.71. The van der Waals surface area contributed by atoms with E-state index in [9.17, 15) is 8.42 Å². The second-order valence-corrected chi connectivity index (χ2v) is 7.22. The molecule has 0 aromatic heterocycles. The Bertz CT molecular complexity index is 753. The summed E-state index contributed by atoms with van der Waals surface area (Å²) in [5.41, 5.74) is 2.80. The van der Waals surface area contributed by atoms with Crippen LogP contribution in [0.15, 0.2) is 71.6 Å². The van der Waals surface area contributed by atoms with Crippen molar-refractivity contribution in [2.45, 2.75) is 31.3 Å². The molecule has 0 bridgehead atoms. The van der Waals surface area contributed by atoms with Crippen LogP contribution in [0.1, 0.15) is 30.6 Å². The molecule has 0 spiro atoms. The van der Waals surface area contributed by atoms with E-state index in [2.05, 4.69) is 11.5 Å². The van der Waals surface area contributed by atoms with Crippen molar-refractivity contribution < 1.29 is 13.3 Å². The molecule has 0 aliphatic rings. The standard InChI is InChI=1S/C18H21NO3S/c1-14(2)13-18(16-7-5-4-6-8-16)22-19-23(20,21)17-11-9-15(3)10-12-17/h4-12,18-19H,1,13H2,2-3H3. The topological polar surface area (TPSA) is 55.4 Å². The Morgan fingerprint density at radius 2 is 1.74 bits per heavy atom. The summed E-state index contributed by atoms with van der Waals surface area (Å²) in [7, 11) is -3.72. The smallest absolute Gasteiger partial charge is 0.262 e. The fourth-order valence-electron chi connectivity index (χ4n) is 2.10. The molecule has 0 heterocycles. The minimum Gasteiger partial charge on any atom is -0.278 e. The van der Waals surface area contributed by atoms with Gasteiger partial charge >= 0.3 is 0 Å². The Labute approximate surface area is 137 Å². The van der Waals surface area contributed by atoms with Crippen molar-refractivity contribution in [1.82, 2.24) is 4.89 Å². The fraction of sp³-hybridized carbons (Fsp3) is 0.222. The molecule has 0 aliphatic heterocycles. The Morgan fingerprint density at radius 3 is 2.30 bits per heavy atom. The van der Waals surface area contributed by atoms with Crippen LogP contribution in [-0.4, -0.2) is 8.42 Å². The molecule has 0 saturated heterocycles. The molecule has 4 nitrogen and oxygen atoms in total. The highest BCUT2D eigenvalue weighted by atomic mass is 32.2. The average molecular weight is 331 g/mol. The predicted molar refractivity (Wildman–Crippen MR) is 91.2 cm³/mol. The molecular weight excluding hydrogens is 310 g/mol. The van der Waals surface area contributed by atoms with E-state index in [0.29, 0.717) is 6.42 Å². The zero-order chi connectivity index (χ0) is 16.9. The van der Waals surface area contributed by atoms with Gasteiger partial charge in [-0.3, -0.25) is 4.84 Å². The summed E-state index contributed by atoms with van der Waals surface area (Å²) in [5.74, 6) is 0. The molecule has 1 unspecified atom stereocenters. The summed E-state index contributed by atoms with van der Waals surface area (Å²) >= 11 is 0. The van der Waals surface area contributed by atoms with Gasteiger partial charge in [0.2, 0.25) is 0 Å². The summed E-state index contributed by atoms with van der Waals surface area (Å²) in [4.78, 5) is 7.89. The van der Waals surface area contributed by atoms with Gasteiger partial charge in [0, 0.05) is 6.42 Å².